The Bertz CT molecular complexity index is 964. The van der Waals surface area contributed by atoms with Gasteiger partial charge in [-0.2, -0.15) is 0 Å². The van der Waals surface area contributed by atoms with E-state index >= 15 is 0 Å². The molecule has 27 heavy (non-hydrogen) atoms. The minimum atomic E-state index is -0.275. The lowest BCUT2D eigenvalue weighted by Crippen LogP contribution is -2.34. The summed E-state index contributed by atoms with van der Waals surface area (Å²) in [5.41, 5.74) is 1.35. The lowest BCUT2D eigenvalue weighted by Gasteiger charge is -2.13. The number of hydrogen-bond acceptors (Lipinski definition) is 3. The molecule has 0 saturated carbocycles. The van der Waals surface area contributed by atoms with Crippen molar-refractivity contribution < 1.29 is 9.53 Å². The summed E-state index contributed by atoms with van der Waals surface area (Å²) in [5, 5.41) is 8.24. The van der Waals surface area contributed by atoms with Gasteiger partial charge in [0.1, 0.15) is 5.75 Å². The quantitative estimate of drug-likeness (QED) is 0.613. The predicted octanol–water partition coefficient (Wildman–Crippen LogP) is 5.00. The van der Waals surface area contributed by atoms with Crippen LogP contribution in [0.25, 0.3) is 10.8 Å². The van der Waals surface area contributed by atoms with Gasteiger partial charge in [-0.25, -0.2) is 0 Å². The molecule has 138 valence electrons. The molecule has 3 aromatic carbocycles. The van der Waals surface area contributed by atoms with Crippen LogP contribution in [0.3, 0.4) is 0 Å². The molecule has 0 radical (unpaired) electrons. The van der Waals surface area contributed by atoms with E-state index in [-0.39, 0.29) is 11.0 Å². The lowest BCUT2D eigenvalue weighted by atomic mass is 10.1. The smallest absolute Gasteiger partial charge is 0.257 e. The van der Waals surface area contributed by atoms with Gasteiger partial charge in [-0.3, -0.25) is 10.1 Å². The molecule has 0 spiro atoms. The minimum Gasteiger partial charge on any atom is -0.493 e. The van der Waals surface area contributed by atoms with Crippen LogP contribution in [-0.2, 0) is 0 Å². The molecule has 0 aliphatic heterocycles. The van der Waals surface area contributed by atoms with Crippen LogP contribution >= 0.6 is 12.2 Å². The number of fused-ring (bicyclic) bond motifs is 1. The van der Waals surface area contributed by atoms with Crippen molar-refractivity contribution in [2.24, 2.45) is 5.92 Å². The van der Waals surface area contributed by atoms with Gasteiger partial charge >= 0.3 is 0 Å². The predicted molar refractivity (Wildman–Crippen MR) is 114 cm³/mol. The van der Waals surface area contributed by atoms with E-state index in [9.17, 15) is 4.79 Å². The maximum Gasteiger partial charge on any atom is 0.257 e. The Morgan fingerprint density at radius 1 is 1.04 bits per heavy atom. The van der Waals surface area contributed by atoms with Gasteiger partial charge in [0, 0.05) is 16.6 Å². The lowest BCUT2D eigenvalue weighted by molar-refractivity contribution is 0.0977. The molecule has 0 fully saturated rings. The molecular formula is C22H22N2O2S. The summed E-state index contributed by atoms with van der Waals surface area (Å²) in [6.45, 7) is 4.76. The summed E-state index contributed by atoms with van der Waals surface area (Å²) in [6.07, 6.45) is 0. The fourth-order valence-electron chi connectivity index (χ4n) is 2.65. The topological polar surface area (TPSA) is 50.4 Å². The maximum absolute atomic E-state index is 12.5. The first-order valence-electron chi connectivity index (χ1n) is 8.86. The second-order valence-corrected chi connectivity index (χ2v) is 7.08. The van der Waals surface area contributed by atoms with Crippen molar-refractivity contribution in [3.05, 3.63) is 72.3 Å². The van der Waals surface area contributed by atoms with Crippen LogP contribution in [0.5, 0.6) is 5.75 Å². The van der Waals surface area contributed by atoms with Crippen LogP contribution < -0.4 is 15.4 Å². The molecule has 3 rings (SSSR count). The summed E-state index contributed by atoms with van der Waals surface area (Å²) in [7, 11) is 0. The number of rotatable bonds is 5. The highest BCUT2D eigenvalue weighted by Gasteiger charge is 2.10. The first-order valence-corrected chi connectivity index (χ1v) is 9.26. The molecule has 0 aliphatic rings. The highest BCUT2D eigenvalue weighted by atomic mass is 32.1. The Morgan fingerprint density at radius 3 is 2.59 bits per heavy atom. The fourth-order valence-corrected chi connectivity index (χ4v) is 2.86. The standard InChI is InChI=1S/C22H22N2O2S/c1-15(2)14-26-18-10-5-9-17(13-18)21(25)24-22(27)23-20-12-6-8-16-7-3-4-11-19(16)20/h3-13,15H,14H2,1-2H3,(H2,23,24,25,27). The van der Waals surface area contributed by atoms with E-state index in [1.165, 1.54) is 0 Å². The highest BCUT2D eigenvalue weighted by Crippen LogP contribution is 2.23. The average Bonchev–Trinajstić information content (AvgIpc) is 2.67. The molecule has 0 unspecified atom stereocenters. The number of hydrogen-bond donors (Lipinski definition) is 2. The number of anilines is 1. The molecule has 0 heterocycles. The van der Waals surface area contributed by atoms with Crippen molar-refractivity contribution >= 4 is 39.7 Å². The first-order chi connectivity index (χ1) is 13.0. The second-order valence-electron chi connectivity index (χ2n) is 6.67. The summed E-state index contributed by atoms with van der Waals surface area (Å²) in [4.78, 5) is 12.5. The van der Waals surface area contributed by atoms with Gasteiger partial charge in [-0.1, -0.05) is 56.3 Å². The zero-order valence-electron chi connectivity index (χ0n) is 15.4. The van der Waals surface area contributed by atoms with Crippen LogP contribution in [0.15, 0.2) is 66.7 Å². The van der Waals surface area contributed by atoms with Crippen LogP contribution in [-0.4, -0.2) is 17.6 Å². The summed E-state index contributed by atoms with van der Waals surface area (Å²) in [6, 6.07) is 21.0. The van der Waals surface area contributed by atoms with Crippen molar-refractivity contribution in [3.8, 4) is 5.75 Å². The first kappa shape index (κ1) is 18.9. The molecule has 0 aromatic heterocycles. The van der Waals surface area contributed by atoms with Crippen LogP contribution in [0.2, 0.25) is 0 Å². The molecule has 0 aliphatic carbocycles. The number of benzene rings is 3. The van der Waals surface area contributed by atoms with Crippen LogP contribution in [0.4, 0.5) is 5.69 Å². The molecule has 0 atom stereocenters. The Morgan fingerprint density at radius 2 is 1.78 bits per heavy atom. The summed E-state index contributed by atoms with van der Waals surface area (Å²) in [5.74, 6) is 0.812. The van der Waals surface area contributed by atoms with E-state index in [4.69, 9.17) is 17.0 Å². The van der Waals surface area contributed by atoms with Crippen molar-refractivity contribution in [1.29, 1.82) is 0 Å². The SMILES string of the molecule is CC(C)COc1cccc(C(=O)NC(=S)Nc2cccc3ccccc23)c1. The highest BCUT2D eigenvalue weighted by molar-refractivity contribution is 7.80. The maximum atomic E-state index is 12.5. The van der Waals surface area contributed by atoms with Crippen LogP contribution in [0, 0.1) is 5.92 Å². The minimum absolute atomic E-state index is 0.254. The molecular weight excluding hydrogens is 356 g/mol. The number of ether oxygens (including phenoxy) is 1. The molecule has 4 nitrogen and oxygen atoms in total. The van der Waals surface area contributed by atoms with Gasteiger partial charge in [-0.05, 0) is 47.8 Å². The van der Waals surface area contributed by atoms with E-state index in [0.717, 1.165) is 16.5 Å². The van der Waals surface area contributed by atoms with Gasteiger partial charge in [0.2, 0.25) is 0 Å². The number of thiocarbonyl (C=S) groups is 1. The molecule has 5 heteroatoms. The molecule has 1 amide bonds. The fraction of sp³-hybridized carbons (Fsp3) is 0.182. The Kier molecular flexibility index (Phi) is 6.04. The number of nitrogens with one attached hydrogen (secondary N) is 2. The van der Waals surface area contributed by atoms with E-state index < -0.39 is 0 Å². The summed E-state index contributed by atoms with van der Waals surface area (Å²) >= 11 is 5.32. The Hall–Kier alpha value is -2.92. The molecule has 2 N–H and O–H groups in total. The van der Waals surface area contributed by atoms with Crippen molar-refractivity contribution in [1.82, 2.24) is 5.32 Å². The van der Waals surface area contributed by atoms with E-state index in [0.29, 0.717) is 23.8 Å². The molecule has 0 saturated heterocycles. The third-order valence-electron chi connectivity index (χ3n) is 3.94. The van der Waals surface area contributed by atoms with Crippen molar-refractivity contribution in [3.63, 3.8) is 0 Å². The summed E-state index contributed by atoms with van der Waals surface area (Å²) < 4.78 is 5.68. The third kappa shape index (κ3) is 5.05. The normalized spacial score (nSPS) is 10.6. The Balaban J connectivity index is 1.67. The number of carbonyl (C=O) groups excluding carboxylic acids is 1. The van der Waals surface area contributed by atoms with E-state index in [1.807, 2.05) is 48.5 Å². The van der Waals surface area contributed by atoms with Gasteiger partial charge in [-0.15, -0.1) is 0 Å². The molecule has 3 aromatic rings. The molecule has 0 bridgehead atoms. The largest absolute Gasteiger partial charge is 0.493 e. The average molecular weight is 378 g/mol. The van der Waals surface area contributed by atoms with Crippen molar-refractivity contribution in [2.75, 3.05) is 11.9 Å². The third-order valence-corrected chi connectivity index (χ3v) is 4.15. The van der Waals surface area contributed by atoms with Crippen molar-refractivity contribution in [2.45, 2.75) is 13.8 Å². The van der Waals surface area contributed by atoms with Gasteiger partial charge < -0.3 is 10.1 Å². The monoisotopic (exact) mass is 378 g/mol. The van der Waals surface area contributed by atoms with Gasteiger partial charge in [0.05, 0.1) is 6.61 Å². The van der Waals surface area contributed by atoms with E-state index in [1.54, 1.807) is 18.2 Å². The zero-order valence-corrected chi connectivity index (χ0v) is 16.2. The number of amides is 1. The zero-order chi connectivity index (χ0) is 19.2. The van der Waals surface area contributed by atoms with Gasteiger partial charge in [0.25, 0.3) is 5.91 Å². The van der Waals surface area contributed by atoms with Gasteiger partial charge in [0.15, 0.2) is 5.11 Å². The Labute approximate surface area is 164 Å². The van der Waals surface area contributed by atoms with E-state index in [2.05, 4.69) is 24.5 Å². The number of carbonyl (C=O) groups is 1. The van der Waals surface area contributed by atoms with Crippen LogP contribution in [0.1, 0.15) is 24.2 Å². The second kappa shape index (κ2) is 8.64.